The topological polar surface area (TPSA) is 58.1 Å². The predicted octanol–water partition coefficient (Wildman–Crippen LogP) is 2.78. The van der Waals surface area contributed by atoms with Crippen LogP contribution in [0.4, 0.5) is 0 Å². The Morgan fingerprint density at radius 3 is 2.43 bits per heavy atom. The van der Waals surface area contributed by atoms with Gasteiger partial charge in [0, 0.05) is 40.4 Å². The van der Waals surface area contributed by atoms with Crippen LogP contribution in [0.15, 0.2) is 29.3 Å². The van der Waals surface area contributed by atoms with Crippen molar-refractivity contribution in [1.82, 2.24) is 15.5 Å². The summed E-state index contributed by atoms with van der Waals surface area (Å²) < 4.78 is 10.4. The second-order valence-electron chi connectivity index (χ2n) is 7.32. The first-order chi connectivity index (χ1) is 13.8. The molecule has 0 amide bonds. The van der Waals surface area contributed by atoms with E-state index in [1.54, 1.807) is 7.11 Å². The summed E-state index contributed by atoms with van der Waals surface area (Å²) in [6.07, 6.45) is 6.16. The summed E-state index contributed by atoms with van der Waals surface area (Å²) in [6, 6.07) is 8.95. The van der Waals surface area contributed by atoms with Gasteiger partial charge in [0.1, 0.15) is 0 Å². The summed E-state index contributed by atoms with van der Waals surface area (Å²) in [6.45, 7) is 7.34. The Morgan fingerprint density at radius 2 is 1.71 bits per heavy atom. The normalized spacial score (nSPS) is 15.6. The van der Waals surface area contributed by atoms with Crippen molar-refractivity contribution in [3.8, 4) is 0 Å². The molecule has 0 aliphatic carbocycles. The SMILES string of the molecule is CN=C(NCCCCOCCOC)NCc1ccc(CN2CCCCC2)cc1. The Hall–Kier alpha value is -1.63. The monoisotopic (exact) mass is 390 g/mol. The summed E-state index contributed by atoms with van der Waals surface area (Å²) in [5.41, 5.74) is 2.68. The van der Waals surface area contributed by atoms with Crippen molar-refractivity contribution in [3.63, 3.8) is 0 Å². The molecule has 0 radical (unpaired) electrons. The summed E-state index contributed by atoms with van der Waals surface area (Å²) >= 11 is 0. The zero-order valence-electron chi connectivity index (χ0n) is 17.7. The van der Waals surface area contributed by atoms with Gasteiger partial charge >= 0.3 is 0 Å². The van der Waals surface area contributed by atoms with E-state index in [0.717, 1.165) is 45.0 Å². The fourth-order valence-electron chi connectivity index (χ4n) is 3.32. The molecule has 0 bridgehead atoms. The molecule has 0 saturated carbocycles. The number of ether oxygens (including phenoxy) is 2. The molecule has 6 heteroatoms. The van der Waals surface area contributed by atoms with Gasteiger partial charge in [-0.25, -0.2) is 0 Å². The fourth-order valence-corrected chi connectivity index (χ4v) is 3.32. The van der Waals surface area contributed by atoms with Crippen LogP contribution >= 0.6 is 0 Å². The number of nitrogens with one attached hydrogen (secondary N) is 2. The Morgan fingerprint density at radius 1 is 0.964 bits per heavy atom. The van der Waals surface area contributed by atoms with Crippen molar-refractivity contribution >= 4 is 5.96 Å². The third-order valence-corrected chi connectivity index (χ3v) is 5.00. The van der Waals surface area contributed by atoms with E-state index in [9.17, 15) is 0 Å². The van der Waals surface area contributed by atoms with Gasteiger partial charge in [0.15, 0.2) is 5.96 Å². The Labute approximate surface area is 170 Å². The molecule has 1 heterocycles. The molecule has 1 aliphatic heterocycles. The van der Waals surface area contributed by atoms with Crippen molar-refractivity contribution in [1.29, 1.82) is 0 Å². The van der Waals surface area contributed by atoms with Gasteiger partial charge < -0.3 is 20.1 Å². The number of hydrogen-bond acceptors (Lipinski definition) is 4. The number of rotatable bonds is 12. The molecule has 158 valence electrons. The van der Waals surface area contributed by atoms with Gasteiger partial charge in [-0.2, -0.15) is 0 Å². The lowest BCUT2D eigenvalue weighted by Gasteiger charge is -2.26. The Balaban J connectivity index is 1.59. The second-order valence-corrected chi connectivity index (χ2v) is 7.32. The smallest absolute Gasteiger partial charge is 0.191 e. The van der Waals surface area contributed by atoms with Crippen LogP contribution in [0.25, 0.3) is 0 Å². The minimum Gasteiger partial charge on any atom is -0.382 e. The minimum absolute atomic E-state index is 0.661. The highest BCUT2D eigenvalue weighted by Gasteiger charge is 2.10. The number of benzene rings is 1. The summed E-state index contributed by atoms with van der Waals surface area (Å²) in [5.74, 6) is 0.845. The van der Waals surface area contributed by atoms with Crippen LogP contribution in [0.1, 0.15) is 43.2 Å². The van der Waals surface area contributed by atoms with Gasteiger partial charge in [-0.15, -0.1) is 0 Å². The Kier molecular flexibility index (Phi) is 11.6. The first kappa shape index (κ1) is 22.7. The second kappa shape index (κ2) is 14.4. The third-order valence-electron chi connectivity index (χ3n) is 5.00. The maximum Gasteiger partial charge on any atom is 0.191 e. The molecule has 2 rings (SSSR count). The molecule has 1 saturated heterocycles. The zero-order chi connectivity index (χ0) is 19.9. The van der Waals surface area contributed by atoms with Crippen molar-refractivity contribution in [2.45, 2.75) is 45.2 Å². The van der Waals surface area contributed by atoms with Crippen LogP contribution in [0.2, 0.25) is 0 Å². The van der Waals surface area contributed by atoms with Crippen molar-refractivity contribution in [2.75, 3.05) is 53.6 Å². The highest BCUT2D eigenvalue weighted by Crippen LogP contribution is 2.13. The van der Waals surface area contributed by atoms with Crippen LogP contribution in [0.5, 0.6) is 0 Å². The number of hydrogen-bond donors (Lipinski definition) is 2. The molecule has 28 heavy (non-hydrogen) atoms. The Bertz CT molecular complexity index is 542. The quantitative estimate of drug-likeness (QED) is 0.327. The molecule has 1 aromatic rings. The lowest BCUT2D eigenvalue weighted by molar-refractivity contribution is 0.0689. The standard InChI is InChI=1S/C22H38N4O2/c1-23-22(24-12-4-7-15-28-17-16-27-2)25-18-20-8-10-21(11-9-20)19-26-13-5-3-6-14-26/h8-11H,3-7,12-19H2,1-2H3,(H2,23,24,25). The number of aliphatic imine (C=N–C) groups is 1. The van der Waals surface area contributed by atoms with E-state index >= 15 is 0 Å². The number of unbranched alkanes of at least 4 members (excludes halogenated alkanes) is 1. The summed E-state index contributed by atoms with van der Waals surface area (Å²) in [4.78, 5) is 6.86. The van der Waals surface area contributed by atoms with Crippen LogP contribution in [-0.2, 0) is 22.6 Å². The van der Waals surface area contributed by atoms with Gasteiger partial charge in [-0.1, -0.05) is 30.7 Å². The molecule has 0 unspecified atom stereocenters. The average molecular weight is 391 g/mol. The highest BCUT2D eigenvalue weighted by atomic mass is 16.5. The molecule has 1 aliphatic rings. The van der Waals surface area contributed by atoms with E-state index in [0.29, 0.717) is 13.2 Å². The predicted molar refractivity (Wildman–Crippen MR) is 116 cm³/mol. The van der Waals surface area contributed by atoms with Crippen molar-refractivity contribution in [2.24, 2.45) is 4.99 Å². The van der Waals surface area contributed by atoms with Gasteiger partial charge in [-0.05, 0) is 49.9 Å². The molecule has 1 aromatic carbocycles. The van der Waals surface area contributed by atoms with E-state index < -0.39 is 0 Å². The molecular formula is C22H38N4O2. The first-order valence-electron chi connectivity index (χ1n) is 10.6. The minimum atomic E-state index is 0.661. The van der Waals surface area contributed by atoms with E-state index in [4.69, 9.17) is 9.47 Å². The third kappa shape index (κ3) is 9.53. The summed E-state index contributed by atoms with van der Waals surface area (Å²) in [7, 11) is 3.50. The molecule has 0 aromatic heterocycles. The maximum absolute atomic E-state index is 5.47. The van der Waals surface area contributed by atoms with E-state index in [2.05, 4.69) is 44.8 Å². The molecule has 1 fully saturated rings. The number of guanidine groups is 1. The number of piperidine rings is 1. The maximum atomic E-state index is 5.47. The largest absolute Gasteiger partial charge is 0.382 e. The first-order valence-corrected chi connectivity index (χ1v) is 10.6. The van der Waals surface area contributed by atoms with Gasteiger partial charge in [-0.3, -0.25) is 9.89 Å². The van der Waals surface area contributed by atoms with Gasteiger partial charge in [0.2, 0.25) is 0 Å². The number of likely N-dealkylation sites (tertiary alicyclic amines) is 1. The van der Waals surface area contributed by atoms with Crippen molar-refractivity contribution < 1.29 is 9.47 Å². The van der Waals surface area contributed by atoms with E-state index in [1.807, 2.05) is 7.05 Å². The number of methoxy groups -OCH3 is 1. The lowest BCUT2D eigenvalue weighted by atomic mass is 10.1. The molecule has 2 N–H and O–H groups in total. The van der Waals surface area contributed by atoms with Crippen LogP contribution in [0, 0.1) is 0 Å². The molecule has 0 atom stereocenters. The van der Waals surface area contributed by atoms with Gasteiger partial charge in [0.25, 0.3) is 0 Å². The summed E-state index contributed by atoms with van der Waals surface area (Å²) in [5, 5.41) is 6.75. The zero-order valence-corrected chi connectivity index (χ0v) is 17.7. The van der Waals surface area contributed by atoms with Crippen LogP contribution in [0.3, 0.4) is 0 Å². The van der Waals surface area contributed by atoms with Crippen LogP contribution in [-0.4, -0.2) is 64.5 Å². The fraction of sp³-hybridized carbons (Fsp3) is 0.682. The molecule has 6 nitrogen and oxygen atoms in total. The van der Waals surface area contributed by atoms with Gasteiger partial charge in [0.05, 0.1) is 13.2 Å². The molecule has 0 spiro atoms. The average Bonchev–Trinajstić information content (AvgIpc) is 2.74. The van der Waals surface area contributed by atoms with E-state index in [-0.39, 0.29) is 0 Å². The van der Waals surface area contributed by atoms with E-state index in [1.165, 1.54) is 43.5 Å². The van der Waals surface area contributed by atoms with Crippen LogP contribution < -0.4 is 10.6 Å². The van der Waals surface area contributed by atoms with Crippen molar-refractivity contribution in [3.05, 3.63) is 35.4 Å². The molecular weight excluding hydrogens is 352 g/mol. The lowest BCUT2D eigenvalue weighted by Crippen LogP contribution is -2.37. The number of nitrogens with zero attached hydrogens (tertiary/aromatic N) is 2. The highest BCUT2D eigenvalue weighted by molar-refractivity contribution is 5.79.